The van der Waals surface area contributed by atoms with Crippen molar-refractivity contribution in [3.8, 4) is 0 Å². The number of rotatable bonds is 2. The lowest BCUT2D eigenvalue weighted by molar-refractivity contribution is -0.0114. The van der Waals surface area contributed by atoms with Crippen LogP contribution < -0.4 is 5.73 Å². The van der Waals surface area contributed by atoms with Crippen LogP contribution >= 0.6 is 0 Å². The number of aliphatic hydroxyl groups is 1. The molecule has 0 unspecified atom stereocenters. The minimum absolute atomic E-state index is 0.0961. The molecule has 0 spiro atoms. The second-order valence-corrected chi connectivity index (χ2v) is 2.73. The fourth-order valence-electron chi connectivity index (χ4n) is 1.29. The van der Waals surface area contributed by atoms with Crippen LogP contribution in [-0.2, 0) is 4.74 Å². The summed E-state index contributed by atoms with van der Waals surface area (Å²) in [6.45, 7) is 0.983. The maximum atomic E-state index is 8.60. The minimum atomic E-state index is 0.0961. The maximum absolute atomic E-state index is 8.60. The van der Waals surface area contributed by atoms with Gasteiger partial charge in [-0.15, -0.1) is 0 Å². The highest BCUT2D eigenvalue weighted by Crippen LogP contribution is 2.13. The van der Waals surface area contributed by atoms with Crippen molar-refractivity contribution in [2.45, 2.75) is 31.4 Å². The van der Waals surface area contributed by atoms with Crippen molar-refractivity contribution >= 4 is 0 Å². The monoisotopic (exact) mass is 145 g/mol. The normalized spacial score (nSPS) is 34.2. The third kappa shape index (κ3) is 1.94. The number of ether oxygens (including phenoxy) is 1. The predicted octanol–water partition coefficient (Wildman–Crippen LogP) is -0.125. The first kappa shape index (κ1) is 7.98. The van der Waals surface area contributed by atoms with Gasteiger partial charge in [-0.05, 0) is 19.3 Å². The Bertz CT molecular complexity index is 95.6. The van der Waals surface area contributed by atoms with Gasteiger partial charge in [-0.25, -0.2) is 0 Å². The highest BCUT2D eigenvalue weighted by molar-refractivity contribution is 4.76. The zero-order chi connectivity index (χ0) is 7.40. The summed E-state index contributed by atoms with van der Waals surface area (Å²) in [6, 6.07) is 0.140. The van der Waals surface area contributed by atoms with Gasteiger partial charge in [0.25, 0.3) is 0 Å². The van der Waals surface area contributed by atoms with Crippen LogP contribution in [0.25, 0.3) is 0 Å². The number of hydrogen-bond acceptors (Lipinski definition) is 3. The van der Waals surface area contributed by atoms with Crippen molar-refractivity contribution < 1.29 is 9.84 Å². The van der Waals surface area contributed by atoms with Crippen LogP contribution in [0.3, 0.4) is 0 Å². The molecule has 1 fully saturated rings. The molecule has 10 heavy (non-hydrogen) atoms. The Labute approximate surface area is 61.2 Å². The van der Waals surface area contributed by atoms with Gasteiger partial charge in [-0.1, -0.05) is 0 Å². The Kier molecular flexibility index (Phi) is 3.12. The first-order valence-electron chi connectivity index (χ1n) is 3.82. The highest BCUT2D eigenvalue weighted by atomic mass is 16.5. The molecule has 3 nitrogen and oxygen atoms in total. The first-order valence-corrected chi connectivity index (χ1v) is 3.82. The van der Waals surface area contributed by atoms with Crippen molar-refractivity contribution in [3.63, 3.8) is 0 Å². The molecule has 0 aromatic carbocycles. The first-order chi connectivity index (χ1) is 4.84. The molecule has 1 saturated heterocycles. The summed E-state index contributed by atoms with van der Waals surface area (Å²) >= 11 is 0. The molecule has 0 aromatic heterocycles. The van der Waals surface area contributed by atoms with Gasteiger partial charge in [0.1, 0.15) is 0 Å². The third-order valence-electron chi connectivity index (χ3n) is 1.90. The van der Waals surface area contributed by atoms with Gasteiger partial charge in [0.2, 0.25) is 0 Å². The molecule has 1 rings (SSSR count). The van der Waals surface area contributed by atoms with E-state index in [-0.39, 0.29) is 18.8 Å². The summed E-state index contributed by atoms with van der Waals surface area (Å²) in [6.07, 6.45) is 2.87. The van der Waals surface area contributed by atoms with E-state index in [1.165, 1.54) is 0 Å². The van der Waals surface area contributed by atoms with E-state index in [9.17, 15) is 0 Å². The van der Waals surface area contributed by atoms with E-state index >= 15 is 0 Å². The van der Waals surface area contributed by atoms with E-state index in [4.69, 9.17) is 15.6 Å². The molecule has 0 radical (unpaired) electrons. The van der Waals surface area contributed by atoms with Crippen molar-refractivity contribution in [2.24, 2.45) is 5.73 Å². The zero-order valence-electron chi connectivity index (χ0n) is 6.12. The average molecular weight is 145 g/mol. The van der Waals surface area contributed by atoms with Crippen LogP contribution in [0.2, 0.25) is 0 Å². The fraction of sp³-hybridized carbons (Fsp3) is 1.00. The van der Waals surface area contributed by atoms with Gasteiger partial charge < -0.3 is 15.6 Å². The second-order valence-electron chi connectivity index (χ2n) is 2.73. The summed E-state index contributed by atoms with van der Waals surface area (Å²) in [5, 5.41) is 8.60. The molecule has 0 aliphatic carbocycles. The Morgan fingerprint density at radius 1 is 1.60 bits per heavy atom. The summed E-state index contributed by atoms with van der Waals surface area (Å²) in [5.41, 5.74) is 5.73. The van der Waals surface area contributed by atoms with Crippen LogP contribution in [0, 0.1) is 0 Å². The Balaban J connectivity index is 2.25. The summed E-state index contributed by atoms with van der Waals surface area (Å²) in [4.78, 5) is 0. The van der Waals surface area contributed by atoms with Crippen LogP contribution in [0.5, 0.6) is 0 Å². The van der Waals surface area contributed by atoms with E-state index < -0.39 is 0 Å². The van der Waals surface area contributed by atoms with Gasteiger partial charge >= 0.3 is 0 Å². The Morgan fingerprint density at radius 2 is 2.40 bits per heavy atom. The molecule has 2 atom stereocenters. The summed E-state index contributed by atoms with van der Waals surface area (Å²) in [5.74, 6) is 0. The van der Waals surface area contributed by atoms with E-state index in [1.54, 1.807) is 0 Å². The van der Waals surface area contributed by atoms with Crippen molar-refractivity contribution in [1.29, 1.82) is 0 Å². The lowest BCUT2D eigenvalue weighted by Gasteiger charge is -2.28. The van der Waals surface area contributed by atoms with Gasteiger partial charge in [-0.3, -0.25) is 0 Å². The molecule has 3 N–H and O–H groups in total. The standard InChI is InChI=1S/C7H15NO2/c8-6-2-1-5-10-7(6)3-4-9/h6-7,9H,1-5,8H2/t6-,7-/m0/s1. The maximum Gasteiger partial charge on any atom is 0.0747 e. The molecule has 1 aliphatic heterocycles. The SMILES string of the molecule is N[C@H]1CCCO[C@H]1CCO. The fourth-order valence-corrected chi connectivity index (χ4v) is 1.29. The molecule has 1 aliphatic rings. The lowest BCUT2D eigenvalue weighted by Crippen LogP contribution is -2.41. The molecule has 0 bridgehead atoms. The molecular formula is C7H15NO2. The Hall–Kier alpha value is -0.120. The number of aliphatic hydroxyl groups excluding tert-OH is 1. The second kappa shape index (κ2) is 3.91. The van der Waals surface area contributed by atoms with Crippen LogP contribution in [0.4, 0.5) is 0 Å². The number of hydrogen-bond donors (Lipinski definition) is 2. The molecule has 1 heterocycles. The zero-order valence-corrected chi connectivity index (χ0v) is 6.12. The van der Waals surface area contributed by atoms with Crippen LogP contribution in [0.15, 0.2) is 0 Å². The minimum Gasteiger partial charge on any atom is -0.396 e. The molecule has 0 saturated carbocycles. The van der Waals surface area contributed by atoms with Crippen LogP contribution in [-0.4, -0.2) is 30.5 Å². The van der Waals surface area contributed by atoms with Crippen molar-refractivity contribution in [2.75, 3.05) is 13.2 Å². The van der Waals surface area contributed by atoms with Gasteiger partial charge in [-0.2, -0.15) is 0 Å². The van der Waals surface area contributed by atoms with E-state index in [2.05, 4.69) is 0 Å². The predicted molar refractivity (Wildman–Crippen MR) is 38.7 cm³/mol. The molecular weight excluding hydrogens is 130 g/mol. The van der Waals surface area contributed by atoms with Gasteiger partial charge in [0.15, 0.2) is 0 Å². The van der Waals surface area contributed by atoms with Crippen molar-refractivity contribution in [3.05, 3.63) is 0 Å². The van der Waals surface area contributed by atoms with Crippen molar-refractivity contribution in [1.82, 2.24) is 0 Å². The molecule has 0 amide bonds. The topological polar surface area (TPSA) is 55.5 Å². The summed E-state index contributed by atoms with van der Waals surface area (Å²) < 4.78 is 5.35. The summed E-state index contributed by atoms with van der Waals surface area (Å²) in [7, 11) is 0. The quantitative estimate of drug-likeness (QED) is 0.569. The smallest absolute Gasteiger partial charge is 0.0747 e. The van der Waals surface area contributed by atoms with Gasteiger partial charge in [0.05, 0.1) is 6.10 Å². The van der Waals surface area contributed by atoms with E-state index in [0.29, 0.717) is 6.42 Å². The highest BCUT2D eigenvalue weighted by Gasteiger charge is 2.21. The largest absolute Gasteiger partial charge is 0.396 e. The average Bonchev–Trinajstić information content (AvgIpc) is 1.94. The molecule has 0 aromatic rings. The lowest BCUT2D eigenvalue weighted by atomic mass is 10.0. The van der Waals surface area contributed by atoms with E-state index in [0.717, 1.165) is 19.4 Å². The Morgan fingerprint density at radius 3 is 3.00 bits per heavy atom. The van der Waals surface area contributed by atoms with Crippen LogP contribution in [0.1, 0.15) is 19.3 Å². The van der Waals surface area contributed by atoms with E-state index in [1.807, 2.05) is 0 Å². The number of nitrogens with two attached hydrogens (primary N) is 1. The molecule has 3 heteroatoms. The molecule has 60 valence electrons. The van der Waals surface area contributed by atoms with Gasteiger partial charge in [0, 0.05) is 19.3 Å². The third-order valence-corrected chi connectivity index (χ3v) is 1.90.